The van der Waals surface area contributed by atoms with Gasteiger partial charge in [-0.05, 0) is 29.8 Å². The monoisotopic (exact) mass is 321 g/mol. The van der Waals surface area contributed by atoms with Gasteiger partial charge in [0.25, 0.3) is 0 Å². The fourth-order valence-corrected chi connectivity index (χ4v) is 2.24. The summed E-state index contributed by atoms with van der Waals surface area (Å²) in [5.74, 6) is 0.739. The van der Waals surface area contributed by atoms with Crippen molar-refractivity contribution in [3.63, 3.8) is 0 Å². The second kappa shape index (κ2) is 4.75. The van der Waals surface area contributed by atoms with Crippen molar-refractivity contribution in [3.8, 4) is 5.75 Å². The van der Waals surface area contributed by atoms with Crippen molar-refractivity contribution in [2.75, 3.05) is 6.61 Å². The van der Waals surface area contributed by atoms with Gasteiger partial charge in [-0.1, -0.05) is 39.7 Å². The standard InChI is InChI=1S/C14H9BrClNO/c15-10-3-1-9(2-4-10)13-8-18-14-7-11(16)5-6-12(14)17-13/h1-7H,8H2. The zero-order valence-electron chi connectivity index (χ0n) is 9.36. The van der Waals surface area contributed by atoms with Crippen molar-refractivity contribution in [1.29, 1.82) is 0 Å². The fourth-order valence-electron chi connectivity index (χ4n) is 1.81. The zero-order valence-corrected chi connectivity index (χ0v) is 11.7. The van der Waals surface area contributed by atoms with E-state index in [1.54, 1.807) is 6.07 Å². The summed E-state index contributed by atoms with van der Waals surface area (Å²) >= 11 is 9.33. The molecule has 4 heteroatoms. The lowest BCUT2D eigenvalue weighted by Crippen LogP contribution is -2.16. The summed E-state index contributed by atoms with van der Waals surface area (Å²) in [5.41, 5.74) is 2.82. The quantitative estimate of drug-likeness (QED) is 0.751. The van der Waals surface area contributed by atoms with Gasteiger partial charge in [0.05, 0.1) is 5.71 Å². The molecule has 0 saturated heterocycles. The number of benzene rings is 2. The molecule has 1 aliphatic heterocycles. The lowest BCUT2D eigenvalue weighted by atomic mass is 10.1. The van der Waals surface area contributed by atoms with Gasteiger partial charge in [-0.15, -0.1) is 0 Å². The summed E-state index contributed by atoms with van der Waals surface area (Å²) in [6.07, 6.45) is 0. The van der Waals surface area contributed by atoms with Crippen molar-refractivity contribution in [2.45, 2.75) is 0 Å². The molecule has 18 heavy (non-hydrogen) atoms. The van der Waals surface area contributed by atoms with Crippen LogP contribution in [0.5, 0.6) is 5.75 Å². The van der Waals surface area contributed by atoms with Crippen molar-refractivity contribution in [2.24, 2.45) is 4.99 Å². The average Bonchev–Trinajstić information content (AvgIpc) is 2.39. The highest BCUT2D eigenvalue weighted by Crippen LogP contribution is 2.33. The van der Waals surface area contributed by atoms with E-state index in [9.17, 15) is 0 Å². The molecule has 3 rings (SSSR count). The molecule has 2 nitrogen and oxygen atoms in total. The van der Waals surface area contributed by atoms with Crippen LogP contribution < -0.4 is 4.74 Å². The molecular formula is C14H9BrClNO. The van der Waals surface area contributed by atoms with Crippen LogP contribution in [0.1, 0.15) is 5.56 Å². The molecule has 0 aliphatic carbocycles. The van der Waals surface area contributed by atoms with Crippen molar-refractivity contribution in [3.05, 3.63) is 57.5 Å². The maximum atomic E-state index is 5.91. The first-order chi connectivity index (χ1) is 8.72. The Labute approximate surface area is 118 Å². The van der Waals surface area contributed by atoms with Gasteiger partial charge < -0.3 is 4.74 Å². The van der Waals surface area contributed by atoms with Gasteiger partial charge in [0.2, 0.25) is 0 Å². The highest BCUT2D eigenvalue weighted by atomic mass is 79.9. The van der Waals surface area contributed by atoms with Crippen LogP contribution in [-0.4, -0.2) is 12.3 Å². The molecule has 90 valence electrons. The molecule has 0 radical (unpaired) electrons. The van der Waals surface area contributed by atoms with Crippen LogP contribution in [0, 0.1) is 0 Å². The van der Waals surface area contributed by atoms with E-state index in [2.05, 4.69) is 20.9 Å². The fraction of sp³-hybridized carbons (Fsp3) is 0.0714. The highest BCUT2D eigenvalue weighted by Gasteiger charge is 2.14. The van der Waals surface area contributed by atoms with E-state index in [-0.39, 0.29) is 0 Å². The smallest absolute Gasteiger partial charge is 0.146 e. The van der Waals surface area contributed by atoms with Crippen LogP contribution >= 0.6 is 27.5 Å². The third kappa shape index (κ3) is 2.28. The molecule has 0 unspecified atom stereocenters. The first kappa shape index (κ1) is 11.8. The third-order valence-electron chi connectivity index (χ3n) is 2.72. The Morgan fingerprint density at radius 1 is 1.11 bits per heavy atom. The molecule has 0 spiro atoms. The van der Waals surface area contributed by atoms with Gasteiger partial charge in [-0.3, -0.25) is 0 Å². The van der Waals surface area contributed by atoms with Gasteiger partial charge in [0.15, 0.2) is 0 Å². The molecule has 0 amide bonds. The molecule has 1 aliphatic rings. The van der Waals surface area contributed by atoms with Gasteiger partial charge in [-0.2, -0.15) is 0 Å². The number of nitrogens with zero attached hydrogens (tertiary/aromatic N) is 1. The average molecular weight is 323 g/mol. The molecule has 2 aromatic carbocycles. The molecule has 0 bridgehead atoms. The van der Waals surface area contributed by atoms with Crippen LogP contribution in [0.25, 0.3) is 0 Å². The largest absolute Gasteiger partial charge is 0.485 e. The van der Waals surface area contributed by atoms with Crippen molar-refractivity contribution < 1.29 is 4.74 Å². The molecule has 0 saturated carbocycles. The van der Waals surface area contributed by atoms with E-state index in [1.165, 1.54) is 0 Å². The molecular weight excluding hydrogens is 314 g/mol. The maximum Gasteiger partial charge on any atom is 0.146 e. The number of hydrogen-bond acceptors (Lipinski definition) is 2. The zero-order chi connectivity index (χ0) is 12.5. The van der Waals surface area contributed by atoms with E-state index < -0.39 is 0 Å². The van der Waals surface area contributed by atoms with Gasteiger partial charge in [-0.25, -0.2) is 4.99 Å². The summed E-state index contributed by atoms with van der Waals surface area (Å²) in [6.45, 7) is 0.467. The van der Waals surface area contributed by atoms with Gasteiger partial charge in [0.1, 0.15) is 18.0 Å². The first-order valence-corrected chi connectivity index (χ1v) is 6.65. The van der Waals surface area contributed by atoms with E-state index >= 15 is 0 Å². The maximum absolute atomic E-state index is 5.91. The molecule has 0 N–H and O–H groups in total. The molecule has 1 heterocycles. The van der Waals surface area contributed by atoms with Crippen LogP contribution in [0.2, 0.25) is 5.02 Å². The normalized spacial score (nSPS) is 13.6. The van der Waals surface area contributed by atoms with Crippen LogP contribution in [0.15, 0.2) is 51.9 Å². The minimum atomic E-state index is 0.467. The van der Waals surface area contributed by atoms with E-state index in [0.29, 0.717) is 11.6 Å². The highest BCUT2D eigenvalue weighted by molar-refractivity contribution is 9.10. The molecule has 2 aromatic rings. The lowest BCUT2D eigenvalue weighted by molar-refractivity contribution is 0.373. The molecule has 0 fully saturated rings. The van der Waals surface area contributed by atoms with Crippen LogP contribution in [-0.2, 0) is 0 Å². The Bertz CT molecular complexity index is 622. The number of halogens is 2. The second-order valence-electron chi connectivity index (χ2n) is 3.97. The third-order valence-corrected chi connectivity index (χ3v) is 3.48. The second-order valence-corrected chi connectivity index (χ2v) is 5.32. The number of ether oxygens (including phenoxy) is 1. The van der Waals surface area contributed by atoms with E-state index in [4.69, 9.17) is 16.3 Å². The number of hydrogen-bond donors (Lipinski definition) is 0. The predicted octanol–water partition coefficient (Wildman–Crippen LogP) is 4.62. The number of aliphatic imine (C=N–C) groups is 1. The SMILES string of the molecule is Clc1ccc2c(c1)OCC(c1ccc(Br)cc1)=N2. The van der Waals surface area contributed by atoms with E-state index in [1.807, 2.05) is 36.4 Å². The minimum Gasteiger partial charge on any atom is -0.485 e. The van der Waals surface area contributed by atoms with Crippen LogP contribution in [0.4, 0.5) is 5.69 Å². The summed E-state index contributed by atoms with van der Waals surface area (Å²) in [4.78, 5) is 4.60. The lowest BCUT2D eigenvalue weighted by Gasteiger charge is -2.17. The minimum absolute atomic E-state index is 0.467. The summed E-state index contributed by atoms with van der Waals surface area (Å²) in [5, 5.41) is 0.663. The van der Waals surface area contributed by atoms with Gasteiger partial charge in [0, 0.05) is 15.6 Å². The first-order valence-electron chi connectivity index (χ1n) is 5.48. The van der Waals surface area contributed by atoms with Crippen molar-refractivity contribution >= 4 is 38.9 Å². The van der Waals surface area contributed by atoms with Crippen LogP contribution in [0.3, 0.4) is 0 Å². The topological polar surface area (TPSA) is 21.6 Å². The molecule has 0 atom stereocenters. The van der Waals surface area contributed by atoms with Crippen molar-refractivity contribution in [1.82, 2.24) is 0 Å². The molecule has 0 aromatic heterocycles. The Kier molecular flexibility index (Phi) is 3.10. The summed E-state index contributed by atoms with van der Waals surface area (Å²) < 4.78 is 6.73. The number of fused-ring (bicyclic) bond motifs is 1. The number of rotatable bonds is 1. The predicted molar refractivity (Wildman–Crippen MR) is 77.3 cm³/mol. The Balaban J connectivity index is 2.00. The Hall–Kier alpha value is -1.32. The van der Waals surface area contributed by atoms with Gasteiger partial charge >= 0.3 is 0 Å². The Morgan fingerprint density at radius 2 is 1.89 bits per heavy atom. The van der Waals surface area contributed by atoms with E-state index in [0.717, 1.165) is 27.2 Å². The Morgan fingerprint density at radius 3 is 2.67 bits per heavy atom. The summed E-state index contributed by atoms with van der Waals surface area (Å²) in [7, 11) is 0. The summed E-state index contributed by atoms with van der Waals surface area (Å²) in [6, 6.07) is 13.5.